The summed E-state index contributed by atoms with van der Waals surface area (Å²) in [6, 6.07) is 9.40. The molecular formula is C28H29F4N5O3. The van der Waals surface area contributed by atoms with Crippen LogP contribution in [0.5, 0.6) is 0 Å². The molecule has 12 heteroatoms. The monoisotopic (exact) mass is 559 g/mol. The Labute approximate surface area is 228 Å². The summed E-state index contributed by atoms with van der Waals surface area (Å²) in [5, 5.41) is 12.2. The minimum Gasteiger partial charge on any atom is -0.351 e. The molecule has 1 saturated carbocycles. The van der Waals surface area contributed by atoms with Gasteiger partial charge in [0.15, 0.2) is 0 Å². The van der Waals surface area contributed by atoms with Gasteiger partial charge in [0.05, 0.1) is 11.7 Å². The van der Waals surface area contributed by atoms with Crippen LogP contribution in [0.1, 0.15) is 55.7 Å². The van der Waals surface area contributed by atoms with E-state index < -0.39 is 35.4 Å². The Bertz CT molecular complexity index is 1340. The molecule has 1 aliphatic heterocycles. The van der Waals surface area contributed by atoms with E-state index in [1.807, 2.05) is 0 Å². The number of carbonyl (C=O) groups is 3. The molecular weight excluding hydrogens is 530 g/mol. The summed E-state index contributed by atoms with van der Waals surface area (Å²) < 4.78 is 54.3. The minimum absolute atomic E-state index is 0.0832. The van der Waals surface area contributed by atoms with Gasteiger partial charge in [-0.3, -0.25) is 24.7 Å². The quantitative estimate of drug-likeness (QED) is 0.131. The molecule has 4 rings (SSSR count). The van der Waals surface area contributed by atoms with Gasteiger partial charge in [0.2, 0.25) is 11.8 Å². The predicted molar refractivity (Wildman–Crippen MR) is 141 cm³/mol. The Hall–Kier alpha value is -4.06. The molecule has 0 bridgehead atoms. The van der Waals surface area contributed by atoms with E-state index in [-0.39, 0.29) is 42.6 Å². The van der Waals surface area contributed by atoms with Crippen molar-refractivity contribution in [2.45, 2.75) is 57.3 Å². The molecule has 3 amide bonds. The number of carbonyl (C=O) groups excluding carboxylic acids is 3. The van der Waals surface area contributed by atoms with Crippen molar-refractivity contribution in [1.29, 1.82) is 5.41 Å². The van der Waals surface area contributed by atoms with Crippen LogP contribution in [0.2, 0.25) is 0 Å². The van der Waals surface area contributed by atoms with Crippen molar-refractivity contribution >= 4 is 34.8 Å². The summed E-state index contributed by atoms with van der Waals surface area (Å²) >= 11 is 0. The van der Waals surface area contributed by atoms with E-state index in [2.05, 4.69) is 10.6 Å². The smallest absolute Gasteiger partial charge is 0.351 e. The second-order valence-corrected chi connectivity index (χ2v) is 9.89. The molecule has 0 aromatic heterocycles. The maximum absolute atomic E-state index is 14.9. The zero-order valence-electron chi connectivity index (χ0n) is 21.5. The average Bonchev–Trinajstić information content (AvgIpc) is 3.68. The molecule has 1 aliphatic carbocycles. The van der Waals surface area contributed by atoms with Gasteiger partial charge >= 0.3 is 6.18 Å². The molecule has 0 spiro atoms. The SMILES string of the molecule is N=C(/C=C(\Nc1cccc(CN)c1)C(=O)Nc1cc(C(CCC2CC2)N2C(=O)CCC2=O)ccc1F)C(F)(F)F. The fourth-order valence-electron chi connectivity index (χ4n) is 4.54. The molecule has 1 heterocycles. The van der Waals surface area contributed by atoms with Gasteiger partial charge in [0.25, 0.3) is 5.91 Å². The lowest BCUT2D eigenvalue weighted by Crippen LogP contribution is -2.33. The highest BCUT2D eigenvalue weighted by Crippen LogP contribution is 2.39. The fourth-order valence-corrected chi connectivity index (χ4v) is 4.54. The van der Waals surface area contributed by atoms with Gasteiger partial charge in [-0.2, -0.15) is 13.2 Å². The molecule has 2 aromatic rings. The van der Waals surface area contributed by atoms with Gasteiger partial charge in [-0.05, 0) is 60.2 Å². The van der Waals surface area contributed by atoms with E-state index in [0.29, 0.717) is 29.5 Å². The van der Waals surface area contributed by atoms with E-state index >= 15 is 0 Å². The molecule has 40 heavy (non-hydrogen) atoms. The van der Waals surface area contributed by atoms with Gasteiger partial charge in [0.1, 0.15) is 17.2 Å². The number of halogens is 4. The lowest BCUT2D eigenvalue weighted by Gasteiger charge is -2.27. The summed E-state index contributed by atoms with van der Waals surface area (Å²) in [7, 11) is 0. The van der Waals surface area contributed by atoms with Crippen molar-refractivity contribution in [2.75, 3.05) is 10.6 Å². The summed E-state index contributed by atoms with van der Waals surface area (Å²) in [5.74, 6) is -2.17. The minimum atomic E-state index is -5.03. The van der Waals surface area contributed by atoms with Crippen LogP contribution in [0.4, 0.5) is 28.9 Å². The molecule has 2 aliphatic rings. The average molecular weight is 560 g/mol. The number of hydrogen-bond donors (Lipinski definition) is 4. The van der Waals surface area contributed by atoms with Gasteiger partial charge in [-0.15, -0.1) is 0 Å². The van der Waals surface area contributed by atoms with E-state index in [1.165, 1.54) is 29.2 Å². The molecule has 0 radical (unpaired) electrons. The van der Waals surface area contributed by atoms with Crippen molar-refractivity contribution < 1.29 is 31.9 Å². The summed E-state index contributed by atoms with van der Waals surface area (Å²) in [4.78, 5) is 39.3. The molecule has 8 nitrogen and oxygen atoms in total. The predicted octanol–water partition coefficient (Wildman–Crippen LogP) is 5.18. The van der Waals surface area contributed by atoms with Gasteiger partial charge in [-0.25, -0.2) is 4.39 Å². The topological polar surface area (TPSA) is 128 Å². The van der Waals surface area contributed by atoms with E-state index in [0.717, 1.165) is 25.3 Å². The highest BCUT2D eigenvalue weighted by Gasteiger charge is 2.37. The maximum atomic E-state index is 14.9. The standard InChI is InChI=1S/C28H29F4N5O3/c29-20-8-7-18(23(9-6-16-4-5-16)37-25(38)10-11-26(37)39)13-21(20)36-27(40)22(14-24(34)28(30,31)32)35-19-3-1-2-17(12-19)15-33/h1-3,7-8,12-14,16,23,34-35H,4-6,9-11,15,33H2,(H,36,40)/b22-14-,34-24?. The first-order chi connectivity index (χ1) is 19.0. The second kappa shape index (κ2) is 12.0. The number of imide groups is 1. The summed E-state index contributed by atoms with van der Waals surface area (Å²) in [6.45, 7) is 0.140. The van der Waals surface area contributed by atoms with Crippen LogP contribution in [0, 0.1) is 17.1 Å². The van der Waals surface area contributed by atoms with Crippen LogP contribution in [0.3, 0.4) is 0 Å². The third-order valence-electron chi connectivity index (χ3n) is 6.85. The Kier molecular flexibility index (Phi) is 8.67. The van der Waals surface area contributed by atoms with E-state index in [1.54, 1.807) is 12.1 Å². The molecule has 1 saturated heterocycles. The van der Waals surface area contributed by atoms with Crippen LogP contribution >= 0.6 is 0 Å². The van der Waals surface area contributed by atoms with Crippen molar-refractivity contribution in [3.05, 3.63) is 71.2 Å². The van der Waals surface area contributed by atoms with Crippen molar-refractivity contribution in [3.63, 3.8) is 0 Å². The van der Waals surface area contributed by atoms with Crippen molar-refractivity contribution in [3.8, 4) is 0 Å². The molecule has 212 valence electrons. The molecule has 1 unspecified atom stereocenters. The van der Waals surface area contributed by atoms with Crippen molar-refractivity contribution in [1.82, 2.24) is 4.90 Å². The lowest BCUT2D eigenvalue weighted by molar-refractivity contribution is -0.141. The first-order valence-corrected chi connectivity index (χ1v) is 12.9. The Morgan fingerprint density at radius 2 is 1.80 bits per heavy atom. The zero-order chi connectivity index (χ0) is 29.0. The Morgan fingerprint density at radius 1 is 1.10 bits per heavy atom. The summed E-state index contributed by atoms with van der Waals surface area (Å²) in [6.07, 6.45) is -1.20. The largest absolute Gasteiger partial charge is 0.432 e. The van der Waals surface area contributed by atoms with Crippen LogP contribution in [0.15, 0.2) is 54.2 Å². The highest BCUT2D eigenvalue weighted by molar-refractivity contribution is 6.11. The number of benzene rings is 2. The number of amides is 3. The number of allylic oxidation sites excluding steroid dienone is 1. The first-order valence-electron chi connectivity index (χ1n) is 12.9. The van der Waals surface area contributed by atoms with E-state index in [9.17, 15) is 31.9 Å². The third kappa shape index (κ3) is 7.12. The number of nitrogens with two attached hydrogens (primary N) is 1. The van der Waals surface area contributed by atoms with Gasteiger partial charge in [-0.1, -0.05) is 31.0 Å². The normalized spacial score (nSPS) is 16.7. The Morgan fingerprint density at radius 3 is 2.42 bits per heavy atom. The number of alkyl halides is 3. The highest BCUT2D eigenvalue weighted by atomic mass is 19.4. The van der Waals surface area contributed by atoms with Crippen molar-refractivity contribution in [2.24, 2.45) is 11.7 Å². The first kappa shape index (κ1) is 28.9. The number of likely N-dealkylation sites (tertiary alicyclic amines) is 1. The molecule has 2 fully saturated rings. The lowest BCUT2D eigenvalue weighted by atomic mass is 9.98. The van der Waals surface area contributed by atoms with Gasteiger partial charge in [0, 0.05) is 25.1 Å². The maximum Gasteiger partial charge on any atom is 0.432 e. The summed E-state index contributed by atoms with van der Waals surface area (Å²) in [5.41, 5.74) is 4.11. The van der Waals surface area contributed by atoms with Crippen LogP contribution in [0.25, 0.3) is 0 Å². The zero-order valence-corrected chi connectivity index (χ0v) is 21.5. The number of hydrogen-bond acceptors (Lipinski definition) is 6. The number of nitrogens with one attached hydrogen (secondary N) is 3. The van der Waals surface area contributed by atoms with E-state index in [4.69, 9.17) is 11.1 Å². The van der Waals surface area contributed by atoms with Crippen LogP contribution < -0.4 is 16.4 Å². The molecule has 2 aromatic carbocycles. The number of anilines is 2. The second-order valence-electron chi connectivity index (χ2n) is 9.89. The number of rotatable bonds is 11. The third-order valence-corrected chi connectivity index (χ3v) is 6.85. The van der Waals surface area contributed by atoms with Crippen LogP contribution in [-0.2, 0) is 20.9 Å². The molecule has 5 N–H and O–H groups in total. The van der Waals surface area contributed by atoms with Crippen LogP contribution in [-0.4, -0.2) is 34.5 Å². The fraction of sp³-hybridized carbons (Fsp3) is 0.357. The molecule has 1 atom stereocenters. The number of nitrogens with zero attached hydrogens (tertiary/aromatic N) is 1. The Balaban J connectivity index is 1.63. The van der Waals surface area contributed by atoms with Gasteiger partial charge < -0.3 is 16.4 Å².